The van der Waals surface area contributed by atoms with Crippen molar-refractivity contribution in [2.75, 3.05) is 10.6 Å². The average Bonchev–Trinajstić information content (AvgIpc) is 2.41. The lowest BCUT2D eigenvalue weighted by atomic mass is 10.0. The first-order valence-corrected chi connectivity index (χ1v) is 8.00. The Morgan fingerprint density at radius 1 is 0.708 bits per heavy atom. The molecule has 24 heavy (non-hydrogen) atoms. The number of nitrogens with one attached hydrogen (secondary N) is 2. The summed E-state index contributed by atoms with van der Waals surface area (Å²) in [6.07, 6.45) is -0.209. The molecule has 2 aromatic rings. The lowest BCUT2D eigenvalue weighted by Crippen LogP contribution is -2.22. The number of anilines is 2. The smallest absolute Gasteiger partial charge is 0.233 e. The Balaban J connectivity index is 2.01. The third kappa shape index (κ3) is 4.69. The first kappa shape index (κ1) is 17.7. The summed E-state index contributed by atoms with van der Waals surface area (Å²) in [4.78, 5) is 24.3. The van der Waals surface area contributed by atoms with Crippen molar-refractivity contribution >= 4 is 23.2 Å². The Morgan fingerprint density at radius 3 is 1.71 bits per heavy atom. The maximum Gasteiger partial charge on any atom is 0.233 e. The van der Waals surface area contributed by atoms with Crippen molar-refractivity contribution in [2.45, 2.75) is 41.0 Å². The van der Waals surface area contributed by atoms with Crippen molar-refractivity contribution in [1.82, 2.24) is 0 Å². The molecule has 0 saturated carbocycles. The molecule has 0 fully saturated rings. The third-order valence-corrected chi connectivity index (χ3v) is 3.77. The van der Waals surface area contributed by atoms with E-state index in [2.05, 4.69) is 10.6 Å². The second kappa shape index (κ2) is 7.30. The summed E-state index contributed by atoms with van der Waals surface area (Å²) in [7, 11) is 0. The largest absolute Gasteiger partial charge is 0.326 e. The normalized spacial score (nSPS) is 10.4. The number of amides is 2. The number of carbonyl (C=O) groups is 2. The molecule has 0 bridgehead atoms. The van der Waals surface area contributed by atoms with Gasteiger partial charge in [-0.05, 0) is 69.0 Å². The van der Waals surface area contributed by atoms with E-state index < -0.39 is 0 Å². The van der Waals surface area contributed by atoms with Crippen molar-refractivity contribution in [3.05, 3.63) is 58.1 Å². The molecule has 0 radical (unpaired) electrons. The highest BCUT2D eigenvalue weighted by atomic mass is 16.2. The predicted molar refractivity (Wildman–Crippen MR) is 98.4 cm³/mol. The molecule has 0 aromatic heterocycles. The highest BCUT2D eigenvalue weighted by Crippen LogP contribution is 2.22. The average molecular weight is 324 g/mol. The van der Waals surface area contributed by atoms with E-state index in [0.717, 1.165) is 33.5 Å². The van der Waals surface area contributed by atoms with Gasteiger partial charge in [-0.1, -0.05) is 23.8 Å². The van der Waals surface area contributed by atoms with Gasteiger partial charge in [-0.15, -0.1) is 0 Å². The highest BCUT2D eigenvalue weighted by Gasteiger charge is 2.13. The summed E-state index contributed by atoms with van der Waals surface area (Å²) >= 11 is 0. The second-order valence-corrected chi connectivity index (χ2v) is 6.42. The Morgan fingerprint density at radius 2 is 1.17 bits per heavy atom. The van der Waals surface area contributed by atoms with E-state index in [4.69, 9.17) is 0 Å². The lowest BCUT2D eigenvalue weighted by molar-refractivity contribution is -0.123. The van der Waals surface area contributed by atoms with Crippen LogP contribution in [0.15, 0.2) is 30.3 Å². The number of hydrogen-bond acceptors (Lipinski definition) is 2. The van der Waals surface area contributed by atoms with Crippen molar-refractivity contribution in [3.8, 4) is 0 Å². The zero-order valence-electron chi connectivity index (χ0n) is 14.9. The molecule has 0 heterocycles. The molecular formula is C20H24N2O2. The number of rotatable bonds is 4. The van der Waals surface area contributed by atoms with Crippen LogP contribution < -0.4 is 10.6 Å². The number of aryl methyl sites for hydroxylation is 5. The number of hydrogen-bond donors (Lipinski definition) is 2. The molecule has 2 amide bonds. The fourth-order valence-electron chi connectivity index (χ4n) is 2.96. The Bertz CT molecular complexity index is 751. The van der Waals surface area contributed by atoms with E-state index in [-0.39, 0.29) is 18.2 Å². The van der Waals surface area contributed by atoms with Crippen LogP contribution in [0.3, 0.4) is 0 Å². The van der Waals surface area contributed by atoms with Crippen LogP contribution in [0.25, 0.3) is 0 Å². The topological polar surface area (TPSA) is 58.2 Å². The minimum Gasteiger partial charge on any atom is -0.326 e. The number of benzene rings is 2. The van der Waals surface area contributed by atoms with E-state index in [1.807, 2.05) is 65.0 Å². The van der Waals surface area contributed by atoms with Gasteiger partial charge in [0.05, 0.1) is 0 Å². The first-order chi connectivity index (χ1) is 11.2. The van der Waals surface area contributed by atoms with Gasteiger partial charge in [0, 0.05) is 11.4 Å². The maximum absolute atomic E-state index is 12.2. The maximum atomic E-state index is 12.2. The van der Waals surface area contributed by atoms with Crippen LogP contribution in [-0.2, 0) is 9.59 Å². The van der Waals surface area contributed by atoms with Crippen molar-refractivity contribution in [2.24, 2.45) is 0 Å². The molecule has 0 unspecified atom stereocenters. The molecule has 2 N–H and O–H groups in total. The third-order valence-electron chi connectivity index (χ3n) is 3.77. The van der Waals surface area contributed by atoms with E-state index in [0.29, 0.717) is 5.69 Å². The lowest BCUT2D eigenvalue weighted by Gasteiger charge is -2.13. The zero-order chi connectivity index (χ0) is 17.9. The van der Waals surface area contributed by atoms with Crippen LogP contribution in [-0.4, -0.2) is 11.8 Å². The minimum absolute atomic E-state index is 0.209. The van der Waals surface area contributed by atoms with Crippen molar-refractivity contribution in [1.29, 1.82) is 0 Å². The molecule has 0 aliphatic heterocycles. The van der Waals surface area contributed by atoms with Gasteiger partial charge in [-0.3, -0.25) is 9.59 Å². The Hall–Kier alpha value is -2.62. The van der Waals surface area contributed by atoms with Crippen LogP contribution in [0.1, 0.15) is 34.2 Å². The zero-order valence-corrected chi connectivity index (χ0v) is 14.9. The van der Waals surface area contributed by atoms with Crippen molar-refractivity contribution in [3.63, 3.8) is 0 Å². The molecule has 2 rings (SSSR count). The molecule has 0 atom stereocenters. The molecular weight excluding hydrogens is 300 g/mol. The SMILES string of the molecule is Cc1cc(C)cc(NC(=O)CC(=O)Nc2c(C)cc(C)cc2C)c1. The van der Waals surface area contributed by atoms with Gasteiger partial charge in [-0.25, -0.2) is 0 Å². The van der Waals surface area contributed by atoms with Gasteiger partial charge in [0.15, 0.2) is 0 Å². The van der Waals surface area contributed by atoms with Gasteiger partial charge < -0.3 is 10.6 Å². The first-order valence-electron chi connectivity index (χ1n) is 8.00. The standard InChI is InChI=1S/C20H24N2O2/c1-12-6-13(2)10-17(9-12)21-18(23)11-19(24)22-20-15(4)7-14(3)8-16(20)5/h6-10H,11H2,1-5H3,(H,21,23)(H,22,24). The molecule has 0 aliphatic rings. The summed E-state index contributed by atoms with van der Waals surface area (Å²) in [6, 6.07) is 9.83. The highest BCUT2D eigenvalue weighted by molar-refractivity contribution is 6.08. The Kier molecular flexibility index (Phi) is 5.39. The van der Waals surface area contributed by atoms with Gasteiger partial charge in [0.25, 0.3) is 0 Å². The van der Waals surface area contributed by atoms with Gasteiger partial charge >= 0.3 is 0 Å². The molecule has 4 heteroatoms. The monoisotopic (exact) mass is 324 g/mol. The summed E-state index contributed by atoms with van der Waals surface area (Å²) in [5.74, 6) is -0.633. The molecule has 0 spiro atoms. The van der Waals surface area contributed by atoms with E-state index in [1.54, 1.807) is 0 Å². The van der Waals surface area contributed by atoms with E-state index >= 15 is 0 Å². The second-order valence-electron chi connectivity index (χ2n) is 6.42. The molecule has 4 nitrogen and oxygen atoms in total. The minimum atomic E-state index is -0.320. The fraction of sp³-hybridized carbons (Fsp3) is 0.300. The number of carbonyl (C=O) groups excluding carboxylic acids is 2. The summed E-state index contributed by atoms with van der Waals surface area (Å²) < 4.78 is 0. The predicted octanol–water partition coefficient (Wildman–Crippen LogP) is 4.20. The molecule has 2 aromatic carbocycles. The van der Waals surface area contributed by atoms with Crippen LogP contribution >= 0.6 is 0 Å². The molecule has 0 saturated heterocycles. The van der Waals surface area contributed by atoms with Gasteiger partial charge in [0.2, 0.25) is 11.8 Å². The molecule has 126 valence electrons. The van der Waals surface area contributed by atoms with E-state index in [9.17, 15) is 9.59 Å². The van der Waals surface area contributed by atoms with E-state index in [1.165, 1.54) is 0 Å². The van der Waals surface area contributed by atoms with Gasteiger partial charge in [0.1, 0.15) is 6.42 Å². The quantitative estimate of drug-likeness (QED) is 0.828. The fourth-order valence-corrected chi connectivity index (χ4v) is 2.96. The van der Waals surface area contributed by atoms with Crippen LogP contribution in [0, 0.1) is 34.6 Å². The summed E-state index contributed by atoms with van der Waals surface area (Å²) in [5, 5.41) is 5.62. The summed E-state index contributed by atoms with van der Waals surface area (Å²) in [5.41, 5.74) is 6.78. The Labute approximate surface area is 143 Å². The van der Waals surface area contributed by atoms with Crippen LogP contribution in [0.5, 0.6) is 0 Å². The van der Waals surface area contributed by atoms with Crippen LogP contribution in [0.2, 0.25) is 0 Å². The van der Waals surface area contributed by atoms with Gasteiger partial charge in [-0.2, -0.15) is 0 Å². The van der Waals surface area contributed by atoms with Crippen molar-refractivity contribution < 1.29 is 9.59 Å². The molecule has 0 aliphatic carbocycles. The van der Waals surface area contributed by atoms with Crippen LogP contribution in [0.4, 0.5) is 11.4 Å². The summed E-state index contributed by atoms with van der Waals surface area (Å²) in [6.45, 7) is 9.86.